The van der Waals surface area contributed by atoms with Gasteiger partial charge in [-0.1, -0.05) is 17.7 Å². The standard InChI is InChI=1S/C14H20ClF3N2O/c1-20(7-5-14(16,17)18)13-9-12(15)4-3-11(13)10-19-6-8-21-2/h3-4,9,19H,5-8,10H2,1-2H3. The number of benzene rings is 1. The van der Waals surface area contributed by atoms with Crippen molar-refractivity contribution in [3.63, 3.8) is 0 Å². The second kappa shape index (κ2) is 8.46. The molecule has 0 fully saturated rings. The number of hydrogen-bond donors (Lipinski definition) is 1. The molecule has 120 valence electrons. The molecule has 0 saturated heterocycles. The summed E-state index contributed by atoms with van der Waals surface area (Å²) >= 11 is 5.95. The summed E-state index contributed by atoms with van der Waals surface area (Å²) < 4.78 is 41.9. The lowest BCUT2D eigenvalue weighted by atomic mass is 10.1. The Hall–Kier alpha value is -0.980. The van der Waals surface area contributed by atoms with Crippen LogP contribution in [0.3, 0.4) is 0 Å². The van der Waals surface area contributed by atoms with E-state index in [2.05, 4.69) is 5.32 Å². The first kappa shape index (κ1) is 18.1. The van der Waals surface area contributed by atoms with Gasteiger partial charge in [0.05, 0.1) is 13.0 Å². The topological polar surface area (TPSA) is 24.5 Å². The molecule has 0 aliphatic carbocycles. The van der Waals surface area contributed by atoms with Crippen molar-refractivity contribution >= 4 is 17.3 Å². The molecule has 1 aromatic carbocycles. The van der Waals surface area contributed by atoms with Crippen LogP contribution in [-0.2, 0) is 11.3 Å². The number of ether oxygens (including phenoxy) is 1. The predicted molar refractivity (Wildman–Crippen MR) is 79.0 cm³/mol. The van der Waals surface area contributed by atoms with Crippen molar-refractivity contribution < 1.29 is 17.9 Å². The average Bonchev–Trinajstić information content (AvgIpc) is 2.41. The second-order valence-electron chi connectivity index (χ2n) is 4.73. The molecule has 1 N–H and O–H groups in total. The SMILES string of the molecule is COCCNCc1ccc(Cl)cc1N(C)CCC(F)(F)F. The third kappa shape index (κ3) is 7.02. The van der Waals surface area contributed by atoms with Gasteiger partial charge in [-0.05, 0) is 17.7 Å². The van der Waals surface area contributed by atoms with Crippen LogP contribution in [0.15, 0.2) is 18.2 Å². The Bertz CT molecular complexity index is 441. The smallest absolute Gasteiger partial charge is 0.383 e. The minimum absolute atomic E-state index is 0.102. The van der Waals surface area contributed by atoms with E-state index in [4.69, 9.17) is 16.3 Å². The molecular weight excluding hydrogens is 305 g/mol. The number of anilines is 1. The third-order valence-electron chi connectivity index (χ3n) is 2.99. The molecule has 0 bridgehead atoms. The fourth-order valence-corrected chi connectivity index (χ4v) is 2.02. The predicted octanol–water partition coefficient (Wildman–Crippen LogP) is 3.46. The molecule has 3 nitrogen and oxygen atoms in total. The highest BCUT2D eigenvalue weighted by Gasteiger charge is 2.27. The molecule has 1 aromatic rings. The molecule has 7 heteroatoms. The van der Waals surface area contributed by atoms with Gasteiger partial charge in [0.1, 0.15) is 0 Å². The number of methoxy groups -OCH3 is 1. The number of halogens is 4. The zero-order valence-electron chi connectivity index (χ0n) is 12.1. The molecule has 0 aliphatic heterocycles. The van der Waals surface area contributed by atoms with Gasteiger partial charge in [0.2, 0.25) is 0 Å². The Balaban J connectivity index is 2.71. The first-order chi connectivity index (χ1) is 9.83. The summed E-state index contributed by atoms with van der Waals surface area (Å²) in [6.45, 7) is 1.69. The summed E-state index contributed by atoms with van der Waals surface area (Å²) in [4.78, 5) is 1.58. The molecule has 0 saturated carbocycles. The summed E-state index contributed by atoms with van der Waals surface area (Å²) in [6.07, 6.45) is -5.02. The largest absolute Gasteiger partial charge is 0.390 e. The van der Waals surface area contributed by atoms with Crippen LogP contribution in [0, 0.1) is 0 Å². The van der Waals surface area contributed by atoms with Crippen LogP contribution in [0.2, 0.25) is 5.02 Å². The maximum absolute atomic E-state index is 12.3. The molecule has 1 rings (SSSR count). The van der Waals surface area contributed by atoms with Gasteiger partial charge in [-0.25, -0.2) is 0 Å². The molecule has 0 aliphatic rings. The molecule has 0 radical (unpaired) electrons. The summed E-state index contributed by atoms with van der Waals surface area (Å²) in [5.74, 6) is 0. The van der Waals surface area contributed by atoms with E-state index in [1.807, 2.05) is 6.07 Å². The Labute approximate surface area is 128 Å². The van der Waals surface area contributed by atoms with Crippen molar-refractivity contribution in [2.45, 2.75) is 19.1 Å². The number of hydrogen-bond acceptors (Lipinski definition) is 3. The third-order valence-corrected chi connectivity index (χ3v) is 3.22. The van der Waals surface area contributed by atoms with E-state index in [1.54, 1.807) is 31.2 Å². The molecule has 21 heavy (non-hydrogen) atoms. The lowest BCUT2D eigenvalue weighted by molar-refractivity contribution is -0.132. The number of rotatable bonds is 8. The Morgan fingerprint density at radius 1 is 1.33 bits per heavy atom. The molecule has 0 aromatic heterocycles. The van der Waals surface area contributed by atoms with Crippen LogP contribution in [0.4, 0.5) is 18.9 Å². The zero-order valence-corrected chi connectivity index (χ0v) is 12.9. The minimum Gasteiger partial charge on any atom is -0.383 e. The molecule has 0 unspecified atom stereocenters. The van der Waals surface area contributed by atoms with Gasteiger partial charge >= 0.3 is 6.18 Å². The first-order valence-corrected chi connectivity index (χ1v) is 6.97. The van der Waals surface area contributed by atoms with Gasteiger partial charge < -0.3 is 15.0 Å². The van der Waals surface area contributed by atoms with E-state index in [0.29, 0.717) is 30.4 Å². The Morgan fingerprint density at radius 3 is 2.67 bits per heavy atom. The Kier molecular flexibility index (Phi) is 7.28. The summed E-state index contributed by atoms with van der Waals surface area (Å²) in [6, 6.07) is 5.24. The van der Waals surface area contributed by atoms with Crippen LogP contribution in [0.5, 0.6) is 0 Å². The normalized spacial score (nSPS) is 11.7. The van der Waals surface area contributed by atoms with Crippen LogP contribution >= 0.6 is 11.6 Å². The van der Waals surface area contributed by atoms with E-state index in [0.717, 1.165) is 5.56 Å². The minimum atomic E-state index is -4.16. The van der Waals surface area contributed by atoms with Crippen molar-refractivity contribution in [2.24, 2.45) is 0 Å². The quantitative estimate of drug-likeness (QED) is 0.741. The highest BCUT2D eigenvalue weighted by Crippen LogP contribution is 2.26. The highest BCUT2D eigenvalue weighted by atomic mass is 35.5. The van der Waals surface area contributed by atoms with E-state index < -0.39 is 12.6 Å². The fraction of sp³-hybridized carbons (Fsp3) is 0.571. The van der Waals surface area contributed by atoms with E-state index in [9.17, 15) is 13.2 Å². The second-order valence-corrected chi connectivity index (χ2v) is 5.17. The lowest BCUT2D eigenvalue weighted by Gasteiger charge is -2.23. The zero-order chi connectivity index (χ0) is 15.9. The molecule has 0 atom stereocenters. The van der Waals surface area contributed by atoms with Gasteiger partial charge in [-0.3, -0.25) is 0 Å². The van der Waals surface area contributed by atoms with Gasteiger partial charge in [0.15, 0.2) is 0 Å². The van der Waals surface area contributed by atoms with Gasteiger partial charge in [-0.2, -0.15) is 13.2 Å². The van der Waals surface area contributed by atoms with Crippen LogP contribution in [-0.4, -0.2) is 40.0 Å². The van der Waals surface area contributed by atoms with Crippen molar-refractivity contribution in [3.8, 4) is 0 Å². The summed E-state index contributed by atoms with van der Waals surface area (Å²) in [5, 5.41) is 3.68. The van der Waals surface area contributed by atoms with Crippen LogP contribution in [0.1, 0.15) is 12.0 Å². The van der Waals surface area contributed by atoms with Crippen molar-refractivity contribution in [3.05, 3.63) is 28.8 Å². The highest BCUT2D eigenvalue weighted by molar-refractivity contribution is 6.30. The van der Waals surface area contributed by atoms with Crippen molar-refractivity contribution in [2.75, 3.05) is 38.8 Å². The van der Waals surface area contributed by atoms with Crippen LogP contribution in [0.25, 0.3) is 0 Å². The maximum atomic E-state index is 12.3. The van der Waals surface area contributed by atoms with Gasteiger partial charge in [0, 0.05) is 44.5 Å². The van der Waals surface area contributed by atoms with Crippen molar-refractivity contribution in [1.82, 2.24) is 5.32 Å². The average molecular weight is 325 g/mol. The first-order valence-electron chi connectivity index (χ1n) is 6.59. The van der Waals surface area contributed by atoms with Crippen molar-refractivity contribution in [1.29, 1.82) is 0 Å². The molecular formula is C14H20ClF3N2O. The van der Waals surface area contributed by atoms with E-state index >= 15 is 0 Å². The molecule has 0 heterocycles. The van der Waals surface area contributed by atoms with E-state index in [1.165, 1.54) is 0 Å². The summed E-state index contributed by atoms with van der Waals surface area (Å²) in [5.41, 5.74) is 1.61. The van der Waals surface area contributed by atoms with E-state index in [-0.39, 0.29) is 6.54 Å². The molecule has 0 spiro atoms. The van der Waals surface area contributed by atoms with Gasteiger partial charge in [0.25, 0.3) is 0 Å². The number of alkyl halides is 3. The summed E-state index contributed by atoms with van der Waals surface area (Å²) in [7, 11) is 3.25. The maximum Gasteiger partial charge on any atom is 0.390 e. The Morgan fingerprint density at radius 2 is 2.05 bits per heavy atom. The number of nitrogens with one attached hydrogen (secondary N) is 1. The van der Waals surface area contributed by atoms with Crippen LogP contribution < -0.4 is 10.2 Å². The number of nitrogens with zero attached hydrogens (tertiary/aromatic N) is 1. The lowest BCUT2D eigenvalue weighted by Crippen LogP contribution is -2.26. The monoisotopic (exact) mass is 324 g/mol. The van der Waals surface area contributed by atoms with Gasteiger partial charge in [-0.15, -0.1) is 0 Å². The fourth-order valence-electron chi connectivity index (χ4n) is 1.85. The molecule has 0 amide bonds.